The summed E-state index contributed by atoms with van der Waals surface area (Å²) in [4.78, 5) is 2.61. The molecule has 0 bridgehead atoms. The Bertz CT molecular complexity index is 262. The molecule has 2 N–H and O–H groups in total. The summed E-state index contributed by atoms with van der Waals surface area (Å²) < 4.78 is 0. The van der Waals surface area contributed by atoms with Crippen molar-refractivity contribution in [1.29, 1.82) is 0 Å². The molecule has 2 saturated heterocycles. The fourth-order valence-electron chi connectivity index (χ4n) is 3.36. The molecule has 0 aromatic carbocycles. The molecule has 0 aromatic heterocycles. The van der Waals surface area contributed by atoms with Gasteiger partial charge in [0, 0.05) is 25.2 Å². The zero-order valence-electron chi connectivity index (χ0n) is 12.6. The molecule has 2 unspecified atom stereocenters. The predicted molar refractivity (Wildman–Crippen MR) is 77.9 cm³/mol. The Balaban J connectivity index is 1.75. The molecule has 0 radical (unpaired) electrons. The number of likely N-dealkylation sites (tertiary alicyclic amines) is 1. The lowest BCUT2D eigenvalue weighted by atomic mass is 9.80. The second-order valence-electron chi connectivity index (χ2n) is 7.16. The minimum Gasteiger partial charge on any atom is -0.316 e. The standard InChI is InChI=1S/C15H31N3/c1-12(2)18-8-6-13(10-18)9-17-14-5-7-16-11-15(14,3)4/h12-14,16-17H,5-11H2,1-4H3. The van der Waals surface area contributed by atoms with Gasteiger partial charge in [-0.15, -0.1) is 0 Å². The minimum atomic E-state index is 0.397. The van der Waals surface area contributed by atoms with E-state index in [4.69, 9.17) is 0 Å². The summed E-state index contributed by atoms with van der Waals surface area (Å²) in [6, 6.07) is 1.40. The molecule has 0 amide bonds. The van der Waals surface area contributed by atoms with Gasteiger partial charge in [0.25, 0.3) is 0 Å². The van der Waals surface area contributed by atoms with Gasteiger partial charge in [0.15, 0.2) is 0 Å². The van der Waals surface area contributed by atoms with Gasteiger partial charge < -0.3 is 15.5 Å². The molecule has 2 rings (SSSR count). The minimum absolute atomic E-state index is 0.397. The highest BCUT2D eigenvalue weighted by Gasteiger charge is 2.33. The van der Waals surface area contributed by atoms with Gasteiger partial charge in [0.05, 0.1) is 0 Å². The summed E-state index contributed by atoms with van der Waals surface area (Å²) in [6.07, 6.45) is 2.64. The van der Waals surface area contributed by atoms with E-state index >= 15 is 0 Å². The second-order valence-corrected chi connectivity index (χ2v) is 7.16. The first kappa shape index (κ1) is 14.3. The molecule has 2 fully saturated rings. The van der Waals surface area contributed by atoms with Gasteiger partial charge >= 0.3 is 0 Å². The number of hydrogen-bond donors (Lipinski definition) is 2. The monoisotopic (exact) mass is 253 g/mol. The first-order valence-corrected chi connectivity index (χ1v) is 7.67. The van der Waals surface area contributed by atoms with Crippen molar-refractivity contribution in [2.45, 2.75) is 52.6 Å². The molecule has 2 aliphatic rings. The molecule has 2 atom stereocenters. The second kappa shape index (κ2) is 5.89. The Morgan fingerprint density at radius 2 is 2.11 bits per heavy atom. The highest BCUT2D eigenvalue weighted by Crippen LogP contribution is 2.26. The van der Waals surface area contributed by atoms with E-state index < -0.39 is 0 Å². The SMILES string of the molecule is CC(C)N1CCC(CNC2CCNCC2(C)C)C1. The number of hydrogen-bond acceptors (Lipinski definition) is 3. The van der Waals surface area contributed by atoms with Crippen molar-refractivity contribution in [3.8, 4) is 0 Å². The van der Waals surface area contributed by atoms with Crippen molar-refractivity contribution in [2.24, 2.45) is 11.3 Å². The van der Waals surface area contributed by atoms with Gasteiger partial charge in [0.2, 0.25) is 0 Å². The quantitative estimate of drug-likeness (QED) is 0.798. The summed E-state index contributed by atoms with van der Waals surface area (Å²) in [5, 5.41) is 7.35. The van der Waals surface area contributed by atoms with Crippen molar-refractivity contribution in [3.63, 3.8) is 0 Å². The van der Waals surface area contributed by atoms with E-state index in [0.29, 0.717) is 17.5 Å². The lowest BCUT2D eigenvalue weighted by Crippen LogP contribution is -2.53. The molecule has 0 spiro atoms. The lowest BCUT2D eigenvalue weighted by Gasteiger charge is -2.40. The molecular formula is C15H31N3. The number of piperidine rings is 1. The van der Waals surface area contributed by atoms with Gasteiger partial charge in [-0.3, -0.25) is 0 Å². The van der Waals surface area contributed by atoms with Gasteiger partial charge in [0.1, 0.15) is 0 Å². The third-order valence-corrected chi connectivity index (χ3v) is 4.83. The van der Waals surface area contributed by atoms with Gasteiger partial charge in [-0.05, 0) is 57.7 Å². The Morgan fingerprint density at radius 1 is 1.33 bits per heavy atom. The topological polar surface area (TPSA) is 27.3 Å². The zero-order valence-corrected chi connectivity index (χ0v) is 12.6. The van der Waals surface area contributed by atoms with Crippen LogP contribution in [0.2, 0.25) is 0 Å². The molecule has 0 saturated carbocycles. The third-order valence-electron chi connectivity index (χ3n) is 4.83. The number of nitrogens with one attached hydrogen (secondary N) is 2. The average Bonchev–Trinajstić information content (AvgIpc) is 2.76. The summed E-state index contributed by atoms with van der Waals surface area (Å²) in [5.41, 5.74) is 0.397. The molecule has 18 heavy (non-hydrogen) atoms. The van der Waals surface area contributed by atoms with Crippen LogP contribution in [0.15, 0.2) is 0 Å². The predicted octanol–water partition coefficient (Wildman–Crippen LogP) is 1.69. The van der Waals surface area contributed by atoms with Crippen LogP contribution in [0.4, 0.5) is 0 Å². The summed E-state index contributed by atoms with van der Waals surface area (Å²) in [5.74, 6) is 0.859. The van der Waals surface area contributed by atoms with Crippen LogP contribution in [0.5, 0.6) is 0 Å². The van der Waals surface area contributed by atoms with Crippen LogP contribution in [0.1, 0.15) is 40.5 Å². The molecule has 3 heteroatoms. The maximum Gasteiger partial charge on any atom is 0.0143 e. The zero-order chi connectivity index (χ0) is 13.2. The third kappa shape index (κ3) is 3.46. The molecule has 106 valence electrons. The Hall–Kier alpha value is -0.120. The molecule has 2 aliphatic heterocycles. The Morgan fingerprint density at radius 3 is 2.72 bits per heavy atom. The molecular weight excluding hydrogens is 222 g/mol. The van der Waals surface area contributed by atoms with Gasteiger partial charge in [-0.25, -0.2) is 0 Å². The van der Waals surface area contributed by atoms with E-state index in [-0.39, 0.29) is 0 Å². The van der Waals surface area contributed by atoms with E-state index in [9.17, 15) is 0 Å². The highest BCUT2D eigenvalue weighted by atomic mass is 15.2. The smallest absolute Gasteiger partial charge is 0.0143 e. The molecule has 0 aromatic rings. The van der Waals surface area contributed by atoms with Crippen molar-refractivity contribution in [2.75, 3.05) is 32.7 Å². The summed E-state index contributed by atoms with van der Waals surface area (Å²) >= 11 is 0. The van der Waals surface area contributed by atoms with Crippen LogP contribution in [-0.4, -0.2) is 49.7 Å². The lowest BCUT2D eigenvalue weighted by molar-refractivity contribution is 0.178. The molecule has 2 heterocycles. The van der Waals surface area contributed by atoms with Gasteiger partial charge in [-0.1, -0.05) is 13.8 Å². The number of nitrogens with zero attached hydrogens (tertiary/aromatic N) is 1. The van der Waals surface area contributed by atoms with Crippen LogP contribution in [0, 0.1) is 11.3 Å². The fraction of sp³-hybridized carbons (Fsp3) is 1.00. The van der Waals surface area contributed by atoms with E-state index in [2.05, 4.69) is 43.2 Å². The fourth-order valence-corrected chi connectivity index (χ4v) is 3.36. The van der Waals surface area contributed by atoms with Crippen LogP contribution >= 0.6 is 0 Å². The maximum absolute atomic E-state index is 3.85. The first-order valence-electron chi connectivity index (χ1n) is 7.67. The van der Waals surface area contributed by atoms with Crippen LogP contribution in [0.3, 0.4) is 0 Å². The number of rotatable bonds is 4. The maximum atomic E-state index is 3.85. The van der Waals surface area contributed by atoms with E-state index in [1.807, 2.05) is 0 Å². The normalized spacial score (nSPS) is 33.2. The highest BCUT2D eigenvalue weighted by molar-refractivity contribution is 4.91. The van der Waals surface area contributed by atoms with Crippen LogP contribution in [0.25, 0.3) is 0 Å². The first-order chi connectivity index (χ1) is 8.49. The Kier molecular flexibility index (Phi) is 4.68. The average molecular weight is 253 g/mol. The van der Waals surface area contributed by atoms with Crippen LogP contribution < -0.4 is 10.6 Å². The summed E-state index contributed by atoms with van der Waals surface area (Å²) in [7, 11) is 0. The Labute approximate surface area is 113 Å². The molecule has 0 aliphatic carbocycles. The van der Waals surface area contributed by atoms with Crippen molar-refractivity contribution in [3.05, 3.63) is 0 Å². The van der Waals surface area contributed by atoms with E-state index in [1.165, 1.54) is 39.0 Å². The summed E-state index contributed by atoms with van der Waals surface area (Å²) in [6.45, 7) is 15.5. The van der Waals surface area contributed by atoms with E-state index in [1.54, 1.807) is 0 Å². The largest absolute Gasteiger partial charge is 0.316 e. The van der Waals surface area contributed by atoms with Gasteiger partial charge in [-0.2, -0.15) is 0 Å². The van der Waals surface area contributed by atoms with Crippen molar-refractivity contribution in [1.82, 2.24) is 15.5 Å². The van der Waals surface area contributed by atoms with Crippen molar-refractivity contribution < 1.29 is 0 Å². The van der Waals surface area contributed by atoms with Crippen LogP contribution in [-0.2, 0) is 0 Å². The molecule has 3 nitrogen and oxygen atoms in total. The van der Waals surface area contributed by atoms with E-state index in [0.717, 1.165) is 12.5 Å². The van der Waals surface area contributed by atoms with Crippen molar-refractivity contribution >= 4 is 0 Å².